The quantitative estimate of drug-likeness (QED) is 0.799. The minimum atomic E-state index is -1.06. The molecule has 0 unspecified atom stereocenters. The fourth-order valence-corrected chi connectivity index (χ4v) is 2.35. The maximum absolute atomic E-state index is 11.0. The molecule has 0 aliphatic heterocycles. The van der Waals surface area contributed by atoms with E-state index in [2.05, 4.69) is 5.32 Å². The van der Waals surface area contributed by atoms with Crippen molar-refractivity contribution in [1.29, 1.82) is 0 Å². The zero-order valence-electron chi connectivity index (χ0n) is 11.8. The van der Waals surface area contributed by atoms with Gasteiger partial charge in [-0.3, -0.25) is 0 Å². The Morgan fingerprint density at radius 2 is 1.81 bits per heavy atom. The number of phenolic OH excluding ortho intramolecular Hbond substituents is 1. The molecule has 0 saturated heterocycles. The first-order valence-electron chi connectivity index (χ1n) is 6.44. The monoisotopic (exact) mass is 305 g/mol. The molecule has 0 amide bonds. The van der Waals surface area contributed by atoms with Gasteiger partial charge in [0.05, 0.1) is 10.6 Å². The van der Waals surface area contributed by atoms with Crippen LogP contribution in [0.1, 0.15) is 27.0 Å². The van der Waals surface area contributed by atoms with E-state index in [4.69, 9.17) is 16.7 Å². The summed E-state index contributed by atoms with van der Waals surface area (Å²) in [6.07, 6.45) is 0. The lowest BCUT2D eigenvalue weighted by atomic mass is 10.1. The molecule has 5 heteroatoms. The summed E-state index contributed by atoms with van der Waals surface area (Å²) >= 11 is 5.83. The minimum absolute atomic E-state index is 0.0692. The van der Waals surface area contributed by atoms with E-state index >= 15 is 0 Å². The van der Waals surface area contributed by atoms with Crippen LogP contribution in [0, 0.1) is 13.8 Å². The highest BCUT2D eigenvalue weighted by molar-refractivity contribution is 6.33. The van der Waals surface area contributed by atoms with Gasteiger partial charge in [0.15, 0.2) is 0 Å². The van der Waals surface area contributed by atoms with Gasteiger partial charge in [0, 0.05) is 12.2 Å². The molecular weight excluding hydrogens is 290 g/mol. The number of anilines is 1. The minimum Gasteiger partial charge on any atom is -0.507 e. The summed E-state index contributed by atoms with van der Waals surface area (Å²) in [7, 11) is 0. The smallest absolute Gasteiger partial charge is 0.337 e. The van der Waals surface area contributed by atoms with Crippen molar-refractivity contribution in [2.24, 2.45) is 0 Å². The average Bonchev–Trinajstić information content (AvgIpc) is 2.43. The molecule has 0 saturated carbocycles. The van der Waals surface area contributed by atoms with Gasteiger partial charge in [0.25, 0.3) is 0 Å². The number of aromatic hydroxyl groups is 1. The van der Waals surface area contributed by atoms with E-state index in [1.54, 1.807) is 12.1 Å². The van der Waals surface area contributed by atoms with Gasteiger partial charge in [-0.05, 0) is 48.7 Å². The van der Waals surface area contributed by atoms with Crippen molar-refractivity contribution < 1.29 is 15.0 Å². The molecule has 2 aromatic carbocycles. The van der Waals surface area contributed by atoms with Crippen molar-refractivity contribution in [3.05, 3.63) is 57.6 Å². The third-order valence-electron chi connectivity index (χ3n) is 3.24. The number of rotatable bonds is 4. The Morgan fingerprint density at radius 3 is 2.38 bits per heavy atom. The van der Waals surface area contributed by atoms with Crippen LogP contribution in [0.25, 0.3) is 0 Å². The fourth-order valence-electron chi connectivity index (χ4n) is 2.15. The van der Waals surface area contributed by atoms with Crippen molar-refractivity contribution >= 4 is 23.3 Å². The topological polar surface area (TPSA) is 69.6 Å². The van der Waals surface area contributed by atoms with E-state index in [9.17, 15) is 9.90 Å². The molecule has 2 rings (SSSR count). The number of carbonyl (C=O) groups is 1. The fraction of sp³-hybridized carbons (Fsp3) is 0.188. The van der Waals surface area contributed by atoms with Gasteiger partial charge < -0.3 is 15.5 Å². The van der Waals surface area contributed by atoms with Gasteiger partial charge in [-0.25, -0.2) is 4.79 Å². The van der Waals surface area contributed by atoms with Crippen molar-refractivity contribution in [3.8, 4) is 5.75 Å². The van der Waals surface area contributed by atoms with Crippen molar-refractivity contribution in [2.75, 3.05) is 5.32 Å². The molecule has 0 fully saturated rings. The molecule has 0 aromatic heterocycles. The second-order valence-electron chi connectivity index (χ2n) is 4.93. The first-order valence-corrected chi connectivity index (χ1v) is 6.82. The maximum atomic E-state index is 11.0. The van der Waals surface area contributed by atoms with Crippen LogP contribution < -0.4 is 5.32 Å². The Hall–Kier alpha value is -2.20. The lowest BCUT2D eigenvalue weighted by Gasteiger charge is -2.11. The summed E-state index contributed by atoms with van der Waals surface area (Å²) in [5.41, 5.74) is 3.39. The predicted octanol–water partition coefficient (Wildman–Crippen LogP) is 3.97. The van der Waals surface area contributed by atoms with Crippen LogP contribution in [0.2, 0.25) is 5.02 Å². The Kier molecular flexibility index (Phi) is 4.38. The second kappa shape index (κ2) is 6.06. The Bertz CT molecular complexity index is 675. The van der Waals surface area contributed by atoms with E-state index in [1.807, 2.05) is 26.0 Å². The molecule has 0 aliphatic rings. The molecule has 2 aromatic rings. The number of carboxylic acids is 1. The molecule has 110 valence electrons. The van der Waals surface area contributed by atoms with Crippen molar-refractivity contribution in [1.82, 2.24) is 0 Å². The zero-order chi connectivity index (χ0) is 15.6. The number of benzene rings is 2. The van der Waals surface area contributed by atoms with E-state index in [-0.39, 0.29) is 10.6 Å². The van der Waals surface area contributed by atoms with Gasteiger partial charge in [0.1, 0.15) is 5.75 Å². The van der Waals surface area contributed by atoms with E-state index in [1.165, 1.54) is 6.07 Å². The number of hydrogen-bond acceptors (Lipinski definition) is 3. The molecule has 3 N–H and O–H groups in total. The van der Waals surface area contributed by atoms with Crippen LogP contribution in [0.4, 0.5) is 5.69 Å². The number of phenols is 1. The number of halogens is 1. The summed E-state index contributed by atoms with van der Waals surface area (Å²) in [5.74, 6) is -0.752. The van der Waals surface area contributed by atoms with Gasteiger partial charge >= 0.3 is 5.97 Å². The van der Waals surface area contributed by atoms with Crippen LogP contribution in [0.5, 0.6) is 5.75 Å². The Balaban J connectivity index is 2.17. The molecule has 0 atom stereocenters. The normalized spacial score (nSPS) is 10.4. The second-order valence-corrected chi connectivity index (χ2v) is 5.34. The molecule has 4 nitrogen and oxygen atoms in total. The number of carboxylic acid groups (broad SMARTS) is 1. The molecule has 21 heavy (non-hydrogen) atoms. The third kappa shape index (κ3) is 3.47. The van der Waals surface area contributed by atoms with Gasteiger partial charge in [-0.15, -0.1) is 0 Å². The average molecular weight is 306 g/mol. The Labute approximate surface area is 128 Å². The molecular formula is C16H16ClNO3. The summed E-state index contributed by atoms with van der Waals surface area (Å²) in [4.78, 5) is 11.0. The maximum Gasteiger partial charge on any atom is 0.337 e. The van der Waals surface area contributed by atoms with E-state index in [0.29, 0.717) is 18.0 Å². The van der Waals surface area contributed by atoms with Gasteiger partial charge in [-0.2, -0.15) is 0 Å². The summed E-state index contributed by atoms with van der Waals surface area (Å²) in [6, 6.07) is 8.58. The number of hydrogen-bond donors (Lipinski definition) is 3. The number of nitrogens with one attached hydrogen (secondary N) is 1. The predicted molar refractivity (Wildman–Crippen MR) is 83.3 cm³/mol. The molecule has 0 aliphatic carbocycles. The lowest BCUT2D eigenvalue weighted by molar-refractivity contribution is 0.0697. The summed E-state index contributed by atoms with van der Waals surface area (Å²) < 4.78 is 0. The Morgan fingerprint density at radius 1 is 1.19 bits per heavy atom. The summed E-state index contributed by atoms with van der Waals surface area (Å²) in [5, 5.41) is 22.1. The van der Waals surface area contributed by atoms with Crippen molar-refractivity contribution in [2.45, 2.75) is 20.4 Å². The molecule has 0 radical (unpaired) electrons. The number of aryl methyl sites for hydroxylation is 2. The van der Waals surface area contributed by atoms with Crippen LogP contribution in [0.15, 0.2) is 30.3 Å². The SMILES string of the molecule is Cc1cc(CNc2ccc(Cl)c(C(=O)O)c2)cc(C)c1O. The van der Waals surface area contributed by atoms with Gasteiger partial charge in [-0.1, -0.05) is 23.7 Å². The first kappa shape index (κ1) is 15.2. The number of aromatic carboxylic acids is 1. The van der Waals surface area contributed by atoms with Crippen LogP contribution >= 0.6 is 11.6 Å². The summed E-state index contributed by atoms with van der Waals surface area (Å²) in [6.45, 7) is 4.22. The lowest BCUT2D eigenvalue weighted by Crippen LogP contribution is -2.03. The van der Waals surface area contributed by atoms with Crippen molar-refractivity contribution in [3.63, 3.8) is 0 Å². The first-order chi connectivity index (χ1) is 9.88. The highest BCUT2D eigenvalue weighted by Gasteiger charge is 2.09. The zero-order valence-corrected chi connectivity index (χ0v) is 12.5. The van der Waals surface area contributed by atoms with E-state index in [0.717, 1.165) is 16.7 Å². The van der Waals surface area contributed by atoms with Gasteiger partial charge in [0.2, 0.25) is 0 Å². The highest BCUT2D eigenvalue weighted by Crippen LogP contribution is 2.24. The van der Waals surface area contributed by atoms with E-state index < -0.39 is 5.97 Å². The largest absolute Gasteiger partial charge is 0.507 e. The van der Waals surface area contributed by atoms with Crippen LogP contribution in [-0.4, -0.2) is 16.2 Å². The van der Waals surface area contributed by atoms with Crippen LogP contribution in [0.3, 0.4) is 0 Å². The third-order valence-corrected chi connectivity index (χ3v) is 3.57. The molecule has 0 bridgehead atoms. The highest BCUT2D eigenvalue weighted by atomic mass is 35.5. The molecule has 0 spiro atoms. The molecule has 0 heterocycles. The van der Waals surface area contributed by atoms with Crippen LogP contribution in [-0.2, 0) is 6.54 Å². The standard InChI is InChI=1S/C16H16ClNO3/c1-9-5-11(6-10(2)15(9)19)8-18-12-3-4-14(17)13(7-12)16(20)21/h3-7,18-19H,8H2,1-2H3,(H,20,21).